The van der Waals surface area contributed by atoms with Crippen molar-refractivity contribution < 1.29 is 0 Å². The summed E-state index contributed by atoms with van der Waals surface area (Å²) in [6.45, 7) is 3.47. The highest BCUT2D eigenvalue weighted by Gasteiger charge is 2.22. The molecule has 88 valence electrons. The number of nitrogens with zero attached hydrogens (tertiary/aromatic N) is 1. The van der Waals surface area contributed by atoms with Crippen molar-refractivity contribution in [1.82, 2.24) is 15.6 Å². The summed E-state index contributed by atoms with van der Waals surface area (Å²) in [4.78, 5) is 4.84. The predicted octanol–water partition coefficient (Wildman–Crippen LogP) is 2.03. The molecule has 2 saturated heterocycles. The van der Waals surface area contributed by atoms with Crippen LogP contribution >= 0.6 is 11.3 Å². The lowest BCUT2D eigenvalue weighted by Crippen LogP contribution is -2.26. The fourth-order valence-corrected chi connectivity index (χ4v) is 3.70. The first-order valence-corrected chi connectivity index (χ1v) is 7.21. The van der Waals surface area contributed by atoms with Crippen LogP contribution in [-0.2, 0) is 0 Å². The molecule has 1 aromatic rings. The number of thiazole rings is 1. The van der Waals surface area contributed by atoms with Crippen LogP contribution in [0.3, 0.4) is 0 Å². The van der Waals surface area contributed by atoms with Gasteiger partial charge >= 0.3 is 0 Å². The van der Waals surface area contributed by atoms with E-state index < -0.39 is 0 Å². The maximum absolute atomic E-state index is 4.84. The molecule has 0 aromatic carbocycles. The summed E-state index contributed by atoms with van der Waals surface area (Å²) in [5.41, 5.74) is 1.29. The first-order chi connectivity index (χ1) is 7.93. The number of hydrogen-bond donors (Lipinski definition) is 2. The largest absolute Gasteiger partial charge is 0.317 e. The number of piperidine rings is 1. The summed E-state index contributed by atoms with van der Waals surface area (Å²) in [5.74, 6) is 0.710. The van der Waals surface area contributed by atoms with E-state index in [0.717, 1.165) is 19.6 Å². The van der Waals surface area contributed by atoms with E-state index in [9.17, 15) is 0 Å². The zero-order valence-electron chi connectivity index (χ0n) is 9.54. The van der Waals surface area contributed by atoms with E-state index in [1.807, 2.05) is 11.3 Å². The Kier molecular flexibility index (Phi) is 3.22. The van der Waals surface area contributed by atoms with Crippen molar-refractivity contribution in [3.8, 4) is 0 Å². The first-order valence-electron chi connectivity index (χ1n) is 6.33. The second-order valence-electron chi connectivity index (χ2n) is 4.78. The Balaban J connectivity index is 1.71. The van der Waals surface area contributed by atoms with E-state index in [1.165, 1.54) is 36.4 Å². The van der Waals surface area contributed by atoms with Crippen LogP contribution in [0.2, 0.25) is 0 Å². The zero-order chi connectivity index (χ0) is 10.8. The molecule has 4 heteroatoms. The highest BCUT2D eigenvalue weighted by atomic mass is 32.1. The molecular formula is C12H19N3S. The minimum Gasteiger partial charge on any atom is -0.317 e. The first kappa shape index (κ1) is 10.7. The monoisotopic (exact) mass is 237 g/mol. The maximum atomic E-state index is 4.84. The average Bonchev–Trinajstić information content (AvgIpc) is 3.01. The lowest BCUT2D eigenvalue weighted by molar-refractivity contribution is 0.457. The molecule has 0 saturated carbocycles. The van der Waals surface area contributed by atoms with Crippen LogP contribution in [0.15, 0.2) is 5.38 Å². The Labute approximate surface area is 101 Å². The molecular weight excluding hydrogens is 218 g/mol. The number of rotatable bonds is 2. The smallest absolute Gasteiger partial charge is 0.0960 e. The number of aromatic nitrogens is 1. The van der Waals surface area contributed by atoms with Crippen LogP contribution in [0.25, 0.3) is 0 Å². The van der Waals surface area contributed by atoms with Gasteiger partial charge < -0.3 is 10.6 Å². The van der Waals surface area contributed by atoms with Gasteiger partial charge in [0.25, 0.3) is 0 Å². The SMILES string of the molecule is c1sc(C2CCNCC2)nc1C1CCCN1. The molecule has 1 atom stereocenters. The lowest BCUT2D eigenvalue weighted by Gasteiger charge is -2.20. The van der Waals surface area contributed by atoms with Crippen molar-refractivity contribution >= 4 is 11.3 Å². The molecule has 1 unspecified atom stereocenters. The van der Waals surface area contributed by atoms with Crippen LogP contribution in [0.4, 0.5) is 0 Å². The molecule has 3 nitrogen and oxygen atoms in total. The molecule has 2 N–H and O–H groups in total. The second-order valence-corrected chi connectivity index (χ2v) is 5.67. The Hall–Kier alpha value is -0.450. The molecule has 16 heavy (non-hydrogen) atoms. The van der Waals surface area contributed by atoms with Gasteiger partial charge in [-0.1, -0.05) is 0 Å². The fourth-order valence-electron chi connectivity index (χ4n) is 2.65. The average molecular weight is 237 g/mol. The van der Waals surface area contributed by atoms with Gasteiger partial charge in [0, 0.05) is 11.3 Å². The van der Waals surface area contributed by atoms with Crippen molar-refractivity contribution in [2.24, 2.45) is 0 Å². The minimum absolute atomic E-state index is 0.534. The topological polar surface area (TPSA) is 37.0 Å². The van der Waals surface area contributed by atoms with Crippen LogP contribution in [-0.4, -0.2) is 24.6 Å². The van der Waals surface area contributed by atoms with E-state index in [2.05, 4.69) is 16.0 Å². The third-order valence-electron chi connectivity index (χ3n) is 3.65. The predicted molar refractivity (Wildman–Crippen MR) is 66.9 cm³/mol. The summed E-state index contributed by atoms with van der Waals surface area (Å²) < 4.78 is 0. The molecule has 0 spiro atoms. The molecule has 3 rings (SSSR count). The van der Waals surface area contributed by atoms with Gasteiger partial charge in [0.2, 0.25) is 0 Å². The van der Waals surface area contributed by atoms with E-state index in [0.29, 0.717) is 12.0 Å². The third-order valence-corrected chi connectivity index (χ3v) is 4.67. The molecule has 0 aliphatic carbocycles. The molecule has 2 aliphatic heterocycles. The van der Waals surface area contributed by atoms with Gasteiger partial charge in [0.1, 0.15) is 0 Å². The summed E-state index contributed by atoms with van der Waals surface area (Å²) >= 11 is 1.86. The van der Waals surface area contributed by atoms with Crippen molar-refractivity contribution in [2.45, 2.75) is 37.6 Å². The Morgan fingerprint density at radius 1 is 1.19 bits per heavy atom. The second kappa shape index (κ2) is 4.82. The molecule has 2 aliphatic rings. The van der Waals surface area contributed by atoms with Gasteiger partial charge in [-0.05, 0) is 45.3 Å². The van der Waals surface area contributed by atoms with E-state index in [-0.39, 0.29) is 0 Å². The Morgan fingerprint density at radius 3 is 2.81 bits per heavy atom. The van der Waals surface area contributed by atoms with Gasteiger partial charge in [0.15, 0.2) is 0 Å². The van der Waals surface area contributed by atoms with Crippen LogP contribution in [0, 0.1) is 0 Å². The standard InChI is InChI=1S/C12H19N3S/c1-2-10(14-5-1)11-8-16-12(15-11)9-3-6-13-7-4-9/h8-10,13-14H,1-7H2. The summed E-state index contributed by atoms with van der Waals surface area (Å²) in [7, 11) is 0. The summed E-state index contributed by atoms with van der Waals surface area (Å²) in [5, 5.41) is 10.6. The zero-order valence-corrected chi connectivity index (χ0v) is 10.4. The highest BCUT2D eigenvalue weighted by molar-refractivity contribution is 7.09. The fraction of sp³-hybridized carbons (Fsp3) is 0.750. The maximum Gasteiger partial charge on any atom is 0.0960 e. The summed E-state index contributed by atoms with van der Waals surface area (Å²) in [6, 6.07) is 0.534. The number of nitrogens with one attached hydrogen (secondary N) is 2. The quantitative estimate of drug-likeness (QED) is 0.826. The lowest BCUT2D eigenvalue weighted by atomic mass is 9.99. The molecule has 3 heterocycles. The van der Waals surface area contributed by atoms with E-state index >= 15 is 0 Å². The summed E-state index contributed by atoms with van der Waals surface area (Å²) in [6.07, 6.45) is 5.07. The minimum atomic E-state index is 0.534. The normalized spacial score (nSPS) is 27.4. The molecule has 0 amide bonds. The Bertz CT molecular complexity index is 338. The third kappa shape index (κ3) is 2.14. The van der Waals surface area contributed by atoms with Gasteiger partial charge in [-0.3, -0.25) is 0 Å². The van der Waals surface area contributed by atoms with Crippen LogP contribution in [0.1, 0.15) is 48.3 Å². The van der Waals surface area contributed by atoms with E-state index in [1.54, 1.807) is 0 Å². The molecule has 0 bridgehead atoms. The molecule has 2 fully saturated rings. The van der Waals surface area contributed by atoms with E-state index in [4.69, 9.17) is 4.98 Å². The van der Waals surface area contributed by atoms with Crippen molar-refractivity contribution in [3.05, 3.63) is 16.1 Å². The number of hydrogen-bond acceptors (Lipinski definition) is 4. The highest BCUT2D eigenvalue weighted by Crippen LogP contribution is 2.31. The van der Waals surface area contributed by atoms with Crippen molar-refractivity contribution in [3.63, 3.8) is 0 Å². The van der Waals surface area contributed by atoms with Crippen LogP contribution in [0.5, 0.6) is 0 Å². The van der Waals surface area contributed by atoms with Gasteiger partial charge in [-0.2, -0.15) is 0 Å². The Morgan fingerprint density at radius 2 is 2.06 bits per heavy atom. The molecule has 1 aromatic heterocycles. The van der Waals surface area contributed by atoms with Gasteiger partial charge in [-0.15, -0.1) is 11.3 Å². The van der Waals surface area contributed by atoms with Crippen molar-refractivity contribution in [2.75, 3.05) is 19.6 Å². The van der Waals surface area contributed by atoms with Crippen molar-refractivity contribution in [1.29, 1.82) is 0 Å². The van der Waals surface area contributed by atoms with Gasteiger partial charge in [-0.25, -0.2) is 4.98 Å². The van der Waals surface area contributed by atoms with Gasteiger partial charge in [0.05, 0.1) is 16.7 Å². The van der Waals surface area contributed by atoms with Crippen LogP contribution < -0.4 is 10.6 Å². The molecule has 0 radical (unpaired) electrons.